The summed E-state index contributed by atoms with van der Waals surface area (Å²) in [6, 6.07) is 7.67. The fourth-order valence-corrected chi connectivity index (χ4v) is 2.59. The standard InChI is InChI=1S/C14H10Cl3NO2/c1-7-2-3-12(19)9(4-7)14(20)18-13-10(16)5-8(15)6-11(13)17/h2-6,19H,1H3,(H,18,20). The molecule has 2 aromatic rings. The number of benzene rings is 2. The average molecular weight is 331 g/mol. The average Bonchev–Trinajstić information content (AvgIpc) is 2.36. The molecule has 0 aliphatic rings. The van der Waals surface area contributed by atoms with Gasteiger partial charge in [0.25, 0.3) is 5.91 Å². The van der Waals surface area contributed by atoms with E-state index in [-0.39, 0.29) is 27.0 Å². The summed E-state index contributed by atoms with van der Waals surface area (Å²) in [4.78, 5) is 12.2. The van der Waals surface area contributed by atoms with Crippen LogP contribution in [0.5, 0.6) is 5.75 Å². The first-order valence-electron chi connectivity index (χ1n) is 5.64. The van der Waals surface area contributed by atoms with Gasteiger partial charge in [-0.2, -0.15) is 0 Å². The number of amides is 1. The van der Waals surface area contributed by atoms with E-state index in [0.717, 1.165) is 5.56 Å². The molecule has 0 atom stereocenters. The molecule has 0 saturated heterocycles. The van der Waals surface area contributed by atoms with Crippen LogP contribution in [-0.4, -0.2) is 11.0 Å². The van der Waals surface area contributed by atoms with Gasteiger partial charge in [0.05, 0.1) is 21.3 Å². The first-order chi connectivity index (χ1) is 9.38. The van der Waals surface area contributed by atoms with Crippen LogP contribution in [0.3, 0.4) is 0 Å². The highest BCUT2D eigenvalue weighted by Crippen LogP contribution is 2.34. The van der Waals surface area contributed by atoms with E-state index in [9.17, 15) is 9.90 Å². The molecule has 2 aromatic carbocycles. The minimum absolute atomic E-state index is 0.116. The number of carbonyl (C=O) groups excluding carboxylic acids is 1. The molecule has 0 radical (unpaired) electrons. The van der Waals surface area contributed by atoms with Crippen LogP contribution in [0.1, 0.15) is 15.9 Å². The molecule has 20 heavy (non-hydrogen) atoms. The summed E-state index contributed by atoms with van der Waals surface area (Å²) in [6.07, 6.45) is 0. The molecular formula is C14H10Cl3NO2. The van der Waals surface area contributed by atoms with Gasteiger partial charge in [0, 0.05) is 5.02 Å². The topological polar surface area (TPSA) is 49.3 Å². The third-order valence-electron chi connectivity index (χ3n) is 2.64. The molecule has 0 heterocycles. The van der Waals surface area contributed by atoms with Crippen LogP contribution in [0.4, 0.5) is 5.69 Å². The highest BCUT2D eigenvalue weighted by molar-refractivity contribution is 6.42. The summed E-state index contributed by atoms with van der Waals surface area (Å²) in [5.41, 5.74) is 1.25. The Balaban J connectivity index is 2.35. The molecule has 0 spiro atoms. The number of aryl methyl sites for hydroxylation is 1. The first kappa shape index (κ1) is 15.0. The molecule has 3 nitrogen and oxygen atoms in total. The molecule has 0 fully saturated rings. The van der Waals surface area contributed by atoms with Crippen molar-refractivity contribution in [2.24, 2.45) is 0 Å². The number of aromatic hydroxyl groups is 1. The van der Waals surface area contributed by atoms with E-state index in [1.165, 1.54) is 18.2 Å². The maximum Gasteiger partial charge on any atom is 0.259 e. The van der Waals surface area contributed by atoms with Crippen LogP contribution < -0.4 is 5.32 Å². The Morgan fingerprint density at radius 1 is 1.10 bits per heavy atom. The van der Waals surface area contributed by atoms with Gasteiger partial charge in [-0.1, -0.05) is 46.4 Å². The number of hydrogen-bond donors (Lipinski definition) is 2. The van der Waals surface area contributed by atoms with Crippen molar-refractivity contribution in [2.45, 2.75) is 6.92 Å². The highest BCUT2D eigenvalue weighted by atomic mass is 35.5. The lowest BCUT2D eigenvalue weighted by Crippen LogP contribution is -2.13. The minimum Gasteiger partial charge on any atom is -0.507 e. The van der Waals surface area contributed by atoms with Crippen molar-refractivity contribution in [1.82, 2.24) is 0 Å². The van der Waals surface area contributed by atoms with Gasteiger partial charge in [-0.15, -0.1) is 0 Å². The first-order valence-corrected chi connectivity index (χ1v) is 6.77. The zero-order valence-corrected chi connectivity index (χ0v) is 12.6. The van der Waals surface area contributed by atoms with Crippen LogP contribution in [0.2, 0.25) is 15.1 Å². The van der Waals surface area contributed by atoms with E-state index in [4.69, 9.17) is 34.8 Å². The monoisotopic (exact) mass is 329 g/mol. The second-order valence-corrected chi connectivity index (χ2v) is 5.47. The zero-order chi connectivity index (χ0) is 14.9. The molecule has 2 rings (SSSR count). The molecule has 2 N–H and O–H groups in total. The Morgan fingerprint density at radius 2 is 1.70 bits per heavy atom. The Bertz CT molecular complexity index is 663. The summed E-state index contributed by atoms with van der Waals surface area (Å²) in [7, 11) is 0. The Labute approximate surface area is 131 Å². The normalized spacial score (nSPS) is 10.4. The number of phenolic OH excluding ortho intramolecular Hbond substituents is 1. The summed E-state index contributed by atoms with van der Waals surface area (Å²) < 4.78 is 0. The van der Waals surface area contributed by atoms with Crippen molar-refractivity contribution in [3.05, 3.63) is 56.5 Å². The molecular weight excluding hydrogens is 321 g/mol. The predicted octanol–water partition coefficient (Wildman–Crippen LogP) is 4.91. The molecule has 0 aliphatic heterocycles. The molecule has 0 saturated carbocycles. The number of hydrogen-bond acceptors (Lipinski definition) is 2. The van der Waals surface area contributed by atoms with Crippen LogP contribution >= 0.6 is 34.8 Å². The quantitative estimate of drug-likeness (QED) is 0.821. The molecule has 0 unspecified atom stereocenters. The number of anilines is 1. The minimum atomic E-state index is -0.502. The van der Waals surface area contributed by atoms with Gasteiger partial charge < -0.3 is 10.4 Å². The van der Waals surface area contributed by atoms with Crippen LogP contribution in [0, 0.1) is 6.92 Å². The lowest BCUT2D eigenvalue weighted by atomic mass is 10.1. The number of halogens is 3. The molecule has 0 aromatic heterocycles. The summed E-state index contributed by atoms with van der Waals surface area (Å²) in [5.74, 6) is -0.619. The third-order valence-corrected chi connectivity index (χ3v) is 3.46. The Morgan fingerprint density at radius 3 is 2.30 bits per heavy atom. The second kappa shape index (κ2) is 5.92. The maximum atomic E-state index is 12.2. The number of rotatable bonds is 2. The Hall–Kier alpha value is -1.42. The Kier molecular flexibility index (Phi) is 4.43. The van der Waals surface area contributed by atoms with E-state index in [1.807, 2.05) is 6.92 Å². The third kappa shape index (κ3) is 3.18. The molecule has 104 valence electrons. The number of nitrogens with one attached hydrogen (secondary N) is 1. The predicted molar refractivity (Wildman–Crippen MR) is 82.3 cm³/mol. The highest BCUT2D eigenvalue weighted by Gasteiger charge is 2.15. The van der Waals surface area contributed by atoms with E-state index in [2.05, 4.69) is 5.32 Å². The summed E-state index contributed by atoms with van der Waals surface area (Å²) in [5, 5.41) is 13.1. The van der Waals surface area contributed by atoms with Gasteiger partial charge >= 0.3 is 0 Å². The van der Waals surface area contributed by atoms with Crippen LogP contribution in [0.25, 0.3) is 0 Å². The van der Waals surface area contributed by atoms with Crippen molar-refractivity contribution in [1.29, 1.82) is 0 Å². The summed E-state index contributed by atoms with van der Waals surface area (Å²) in [6.45, 7) is 1.82. The van der Waals surface area contributed by atoms with E-state index in [0.29, 0.717) is 5.02 Å². The summed E-state index contributed by atoms with van der Waals surface area (Å²) >= 11 is 17.8. The fourth-order valence-electron chi connectivity index (χ4n) is 1.67. The van der Waals surface area contributed by atoms with E-state index in [1.54, 1.807) is 12.1 Å². The fraction of sp³-hybridized carbons (Fsp3) is 0.0714. The van der Waals surface area contributed by atoms with E-state index >= 15 is 0 Å². The smallest absolute Gasteiger partial charge is 0.259 e. The van der Waals surface area contributed by atoms with Gasteiger partial charge in [0.1, 0.15) is 5.75 Å². The molecule has 0 bridgehead atoms. The molecule has 6 heteroatoms. The van der Waals surface area contributed by atoms with Crippen molar-refractivity contribution >= 4 is 46.4 Å². The SMILES string of the molecule is Cc1ccc(O)c(C(=O)Nc2c(Cl)cc(Cl)cc2Cl)c1. The van der Waals surface area contributed by atoms with E-state index < -0.39 is 5.91 Å². The van der Waals surface area contributed by atoms with Crippen molar-refractivity contribution in [3.8, 4) is 5.75 Å². The lowest BCUT2D eigenvalue weighted by Gasteiger charge is -2.11. The number of phenols is 1. The lowest BCUT2D eigenvalue weighted by molar-refractivity contribution is 0.102. The van der Waals surface area contributed by atoms with Crippen LogP contribution in [0.15, 0.2) is 30.3 Å². The van der Waals surface area contributed by atoms with Gasteiger partial charge in [-0.25, -0.2) is 0 Å². The number of carbonyl (C=O) groups is 1. The maximum absolute atomic E-state index is 12.2. The van der Waals surface area contributed by atoms with Gasteiger partial charge in [0.2, 0.25) is 0 Å². The molecule has 0 aliphatic carbocycles. The second-order valence-electron chi connectivity index (χ2n) is 4.22. The van der Waals surface area contributed by atoms with Gasteiger partial charge in [-0.3, -0.25) is 4.79 Å². The van der Waals surface area contributed by atoms with Gasteiger partial charge in [-0.05, 0) is 31.2 Å². The molecule has 1 amide bonds. The van der Waals surface area contributed by atoms with Gasteiger partial charge in [0.15, 0.2) is 0 Å². The largest absolute Gasteiger partial charge is 0.507 e. The zero-order valence-electron chi connectivity index (χ0n) is 10.4. The van der Waals surface area contributed by atoms with Crippen molar-refractivity contribution in [2.75, 3.05) is 5.32 Å². The van der Waals surface area contributed by atoms with Crippen molar-refractivity contribution in [3.63, 3.8) is 0 Å². The van der Waals surface area contributed by atoms with Crippen LogP contribution in [-0.2, 0) is 0 Å². The van der Waals surface area contributed by atoms with Crippen molar-refractivity contribution < 1.29 is 9.90 Å².